The van der Waals surface area contributed by atoms with Crippen molar-refractivity contribution in [2.45, 2.75) is 77.6 Å². The van der Waals surface area contributed by atoms with E-state index in [4.69, 9.17) is 9.05 Å². The van der Waals surface area contributed by atoms with E-state index in [2.05, 4.69) is 6.58 Å². The Morgan fingerprint density at radius 2 is 1.29 bits per heavy atom. The van der Waals surface area contributed by atoms with Crippen molar-refractivity contribution in [2.24, 2.45) is 0 Å². The molecule has 1 N–H and O–H groups in total. The maximum absolute atomic E-state index is 11.7. The van der Waals surface area contributed by atoms with Gasteiger partial charge in [0.1, 0.15) is 13.2 Å². The molecule has 0 saturated heterocycles. The van der Waals surface area contributed by atoms with Gasteiger partial charge in [-0.25, -0.2) is 4.57 Å². The largest absolute Gasteiger partial charge is 0.472 e. The van der Waals surface area contributed by atoms with Crippen molar-refractivity contribution in [3.63, 3.8) is 0 Å². The van der Waals surface area contributed by atoms with Crippen molar-refractivity contribution in [1.29, 1.82) is 0 Å². The van der Waals surface area contributed by atoms with Crippen LogP contribution in [0, 0.1) is 0 Å². The number of carbonyl (C=O) groups is 1. The van der Waals surface area contributed by atoms with E-state index in [-0.39, 0.29) is 19.0 Å². The summed E-state index contributed by atoms with van der Waals surface area (Å²) in [5, 5.41) is 0. The third kappa shape index (κ3) is 18.8. The fourth-order valence-electron chi connectivity index (χ4n) is 2.66. The molecular formula is C21H43NO5P+. The Balaban J connectivity index is 3.40. The number of nitrogens with zero attached hydrogens (tertiary/aromatic N) is 1. The average Bonchev–Trinajstić information content (AvgIpc) is 2.57. The number of unbranched alkanes of at least 4 members (excludes halogenated alkanes) is 9. The molecule has 7 heteroatoms. The molecule has 6 nitrogen and oxygen atoms in total. The van der Waals surface area contributed by atoms with Gasteiger partial charge in [0.2, 0.25) is 0 Å². The number of quaternary nitrogens is 1. The number of phosphoric acid groups is 1. The molecule has 0 spiro atoms. The van der Waals surface area contributed by atoms with Crippen LogP contribution in [0.25, 0.3) is 0 Å². The summed E-state index contributed by atoms with van der Waals surface area (Å²) >= 11 is 0. The molecule has 1 atom stereocenters. The lowest BCUT2D eigenvalue weighted by molar-refractivity contribution is -0.870. The Morgan fingerprint density at radius 1 is 0.857 bits per heavy atom. The summed E-state index contributed by atoms with van der Waals surface area (Å²) in [5.41, 5.74) is 0.666. The van der Waals surface area contributed by atoms with Crippen LogP contribution in [0.2, 0.25) is 0 Å². The first kappa shape index (κ1) is 27.5. The third-order valence-electron chi connectivity index (χ3n) is 4.55. The summed E-state index contributed by atoms with van der Waals surface area (Å²) < 4.78 is 22.4. The van der Waals surface area contributed by atoms with Crippen LogP contribution in [0.5, 0.6) is 0 Å². The van der Waals surface area contributed by atoms with Crippen LogP contribution in [-0.2, 0) is 18.4 Å². The van der Waals surface area contributed by atoms with Crippen LogP contribution in [-0.4, -0.2) is 56.1 Å². The Kier molecular flexibility index (Phi) is 15.1. The fourth-order valence-corrected chi connectivity index (χ4v) is 3.41. The molecule has 1 unspecified atom stereocenters. The van der Waals surface area contributed by atoms with Crippen LogP contribution in [0.15, 0.2) is 12.2 Å². The van der Waals surface area contributed by atoms with Gasteiger partial charge in [0.25, 0.3) is 0 Å². The van der Waals surface area contributed by atoms with Crippen molar-refractivity contribution in [3.05, 3.63) is 12.2 Å². The highest BCUT2D eigenvalue weighted by Crippen LogP contribution is 2.43. The Hall–Kier alpha value is -0.520. The predicted molar refractivity (Wildman–Crippen MR) is 115 cm³/mol. The zero-order valence-electron chi connectivity index (χ0n) is 18.6. The number of phosphoric ester groups is 1. The summed E-state index contributed by atoms with van der Waals surface area (Å²) in [4.78, 5) is 21.0. The van der Waals surface area contributed by atoms with Crippen LogP contribution in [0.3, 0.4) is 0 Å². The predicted octanol–water partition coefficient (Wildman–Crippen LogP) is 5.26. The molecule has 166 valence electrons. The Morgan fingerprint density at radius 3 is 1.75 bits per heavy atom. The highest BCUT2D eigenvalue weighted by atomic mass is 31.2. The van der Waals surface area contributed by atoms with Crippen molar-refractivity contribution in [3.8, 4) is 0 Å². The van der Waals surface area contributed by atoms with Gasteiger partial charge in [-0.3, -0.25) is 13.8 Å². The Labute approximate surface area is 172 Å². The molecule has 0 heterocycles. The van der Waals surface area contributed by atoms with Crippen molar-refractivity contribution >= 4 is 13.6 Å². The number of hydrogen-bond acceptors (Lipinski definition) is 4. The van der Waals surface area contributed by atoms with Crippen LogP contribution in [0.1, 0.15) is 77.6 Å². The number of likely N-dealkylation sites (N-methyl/N-ethyl adjacent to an activating group) is 1. The second kappa shape index (κ2) is 15.3. The molecule has 0 rings (SSSR count). The molecule has 0 bridgehead atoms. The smallest absolute Gasteiger partial charge is 0.329 e. The van der Waals surface area contributed by atoms with Gasteiger partial charge in [0, 0.05) is 6.42 Å². The molecule has 28 heavy (non-hydrogen) atoms. The minimum Gasteiger partial charge on any atom is -0.329 e. The summed E-state index contributed by atoms with van der Waals surface area (Å²) in [5.74, 6) is 0.192. The van der Waals surface area contributed by atoms with E-state index in [1.807, 2.05) is 21.1 Å². The number of carbonyl (C=O) groups excluding carboxylic acids is 1. The minimum atomic E-state index is -3.91. The zero-order valence-corrected chi connectivity index (χ0v) is 19.5. The van der Waals surface area contributed by atoms with Gasteiger partial charge in [-0.2, -0.15) is 0 Å². The lowest BCUT2D eigenvalue weighted by atomic mass is 10.0. The second-order valence-corrected chi connectivity index (χ2v) is 10.1. The molecule has 0 amide bonds. The minimum absolute atomic E-state index is 0.192. The molecule has 0 aromatic carbocycles. The number of allylic oxidation sites excluding steroid dienone is 1. The average molecular weight is 421 g/mol. The maximum atomic E-state index is 11.7. The number of rotatable bonds is 19. The molecule has 0 saturated carbocycles. The topological polar surface area (TPSA) is 72.8 Å². The molecule has 0 aromatic rings. The standard InChI is InChI=1S/C21H42NO5P/c1-20(2)21(23)16-14-12-10-8-6-7-9-11-13-15-18-26-28(24,25)27-19-17-22(3,4)5/h1,6-19H2,2-5H3/p+1. The maximum Gasteiger partial charge on any atom is 0.472 e. The van der Waals surface area contributed by atoms with E-state index < -0.39 is 7.82 Å². The lowest BCUT2D eigenvalue weighted by Crippen LogP contribution is -2.37. The third-order valence-corrected chi connectivity index (χ3v) is 5.56. The van der Waals surface area contributed by atoms with Gasteiger partial charge < -0.3 is 9.38 Å². The van der Waals surface area contributed by atoms with E-state index >= 15 is 0 Å². The van der Waals surface area contributed by atoms with E-state index in [1.165, 1.54) is 32.1 Å². The fraction of sp³-hybridized carbons (Fsp3) is 0.857. The molecule has 0 aliphatic heterocycles. The molecule has 0 aliphatic rings. The zero-order chi connectivity index (χ0) is 21.5. The number of ketones is 1. The highest BCUT2D eigenvalue weighted by Gasteiger charge is 2.21. The highest BCUT2D eigenvalue weighted by molar-refractivity contribution is 7.47. The number of Topliss-reactive ketones (excluding diaryl/α,β-unsaturated/α-hetero) is 1. The summed E-state index contributed by atoms with van der Waals surface area (Å²) in [6, 6.07) is 0. The van der Waals surface area contributed by atoms with Crippen LogP contribution < -0.4 is 0 Å². The monoisotopic (exact) mass is 420 g/mol. The van der Waals surface area contributed by atoms with Crippen molar-refractivity contribution in [1.82, 2.24) is 0 Å². The first-order chi connectivity index (χ1) is 13.0. The summed E-state index contributed by atoms with van der Waals surface area (Å²) in [6.07, 6.45) is 11.7. The van der Waals surface area contributed by atoms with Crippen molar-refractivity contribution < 1.29 is 27.8 Å². The van der Waals surface area contributed by atoms with E-state index in [0.29, 0.717) is 23.0 Å². The molecule has 0 fully saturated rings. The van der Waals surface area contributed by atoms with Crippen molar-refractivity contribution in [2.75, 3.05) is 40.9 Å². The van der Waals surface area contributed by atoms with Gasteiger partial charge in [-0.1, -0.05) is 57.9 Å². The number of hydrogen-bond donors (Lipinski definition) is 1. The first-order valence-electron chi connectivity index (χ1n) is 10.6. The Bertz CT molecular complexity index is 488. The van der Waals surface area contributed by atoms with E-state index in [9.17, 15) is 14.3 Å². The van der Waals surface area contributed by atoms with Gasteiger partial charge in [0.15, 0.2) is 5.78 Å². The summed E-state index contributed by atoms with van der Waals surface area (Å²) in [7, 11) is 2.09. The quantitative estimate of drug-likeness (QED) is 0.133. The summed E-state index contributed by atoms with van der Waals surface area (Å²) in [6.45, 7) is 6.58. The van der Waals surface area contributed by atoms with Gasteiger partial charge >= 0.3 is 7.82 Å². The molecule has 0 aromatic heterocycles. The normalized spacial score (nSPS) is 14.0. The van der Waals surface area contributed by atoms with E-state index in [0.717, 1.165) is 32.1 Å². The lowest BCUT2D eigenvalue weighted by Gasteiger charge is -2.24. The van der Waals surface area contributed by atoms with E-state index in [1.54, 1.807) is 6.92 Å². The van der Waals surface area contributed by atoms with Gasteiger partial charge in [0.05, 0.1) is 27.7 Å². The van der Waals surface area contributed by atoms with Crippen LogP contribution >= 0.6 is 7.82 Å². The van der Waals surface area contributed by atoms with Gasteiger partial charge in [-0.05, 0) is 25.3 Å². The van der Waals surface area contributed by atoms with Crippen LogP contribution in [0.4, 0.5) is 0 Å². The molecule has 0 radical (unpaired) electrons. The van der Waals surface area contributed by atoms with Gasteiger partial charge in [-0.15, -0.1) is 0 Å². The SMILES string of the molecule is C=C(C)C(=O)CCCCCCCCCCCCOP(=O)(O)OCC[N+](C)(C)C. The molecular weight excluding hydrogens is 377 g/mol. The second-order valence-electron chi connectivity index (χ2n) is 8.64. The first-order valence-corrected chi connectivity index (χ1v) is 12.1. The molecule has 0 aliphatic carbocycles.